The van der Waals surface area contributed by atoms with Gasteiger partial charge in [-0.25, -0.2) is 4.79 Å². The standard InChI is InChI=1S/C20H24ClN3O2/c1-15-7-8-19(18(21)11-15)23-20(25)22-12-17-14-24(9-10-26-17)13-16-5-3-2-4-6-16/h2-8,11,17H,9-10,12-14H2,1H3,(H2,22,23,25). The number of urea groups is 1. The molecule has 0 aromatic heterocycles. The summed E-state index contributed by atoms with van der Waals surface area (Å²) in [6.45, 7) is 5.67. The molecule has 26 heavy (non-hydrogen) atoms. The predicted molar refractivity (Wildman–Crippen MR) is 105 cm³/mol. The third-order valence-electron chi connectivity index (χ3n) is 4.33. The fraction of sp³-hybridized carbons (Fsp3) is 0.350. The second-order valence-corrected chi connectivity index (χ2v) is 6.94. The van der Waals surface area contributed by atoms with E-state index in [1.807, 2.05) is 25.1 Å². The molecular weight excluding hydrogens is 350 g/mol. The number of carbonyl (C=O) groups excluding carboxylic acids is 1. The van der Waals surface area contributed by atoms with E-state index >= 15 is 0 Å². The van der Waals surface area contributed by atoms with Gasteiger partial charge in [0.25, 0.3) is 0 Å². The van der Waals surface area contributed by atoms with Crippen molar-refractivity contribution in [1.82, 2.24) is 10.2 Å². The maximum Gasteiger partial charge on any atom is 0.319 e. The first-order chi connectivity index (χ1) is 12.6. The van der Waals surface area contributed by atoms with E-state index in [0.717, 1.165) is 25.2 Å². The Kier molecular flexibility index (Phi) is 6.50. The van der Waals surface area contributed by atoms with E-state index in [1.54, 1.807) is 6.07 Å². The zero-order chi connectivity index (χ0) is 18.4. The minimum atomic E-state index is -0.278. The highest BCUT2D eigenvalue weighted by atomic mass is 35.5. The summed E-state index contributed by atoms with van der Waals surface area (Å²) in [6, 6.07) is 15.6. The molecule has 1 aliphatic heterocycles. The number of carbonyl (C=O) groups is 1. The van der Waals surface area contributed by atoms with Crippen LogP contribution in [0.2, 0.25) is 5.02 Å². The van der Waals surface area contributed by atoms with Crippen molar-refractivity contribution < 1.29 is 9.53 Å². The number of nitrogens with one attached hydrogen (secondary N) is 2. The van der Waals surface area contributed by atoms with Crippen LogP contribution in [0.5, 0.6) is 0 Å². The van der Waals surface area contributed by atoms with E-state index in [1.165, 1.54) is 5.56 Å². The number of nitrogens with zero attached hydrogens (tertiary/aromatic N) is 1. The molecule has 2 amide bonds. The van der Waals surface area contributed by atoms with Crippen molar-refractivity contribution in [2.45, 2.75) is 19.6 Å². The average Bonchev–Trinajstić information content (AvgIpc) is 2.64. The van der Waals surface area contributed by atoms with Gasteiger partial charge in [-0.1, -0.05) is 48.0 Å². The zero-order valence-corrected chi connectivity index (χ0v) is 15.6. The lowest BCUT2D eigenvalue weighted by Gasteiger charge is -2.33. The highest BCUT2D eigenvalue weighted by Crippen LogP contribution is 2.22. The van der Waals surface area contributed by atoms with Crippen LogP contribution < -0.4 is 10.6 Å². The minimum Gasteiger partial charge on any atom is -0.374 e. The van der Waals surface area contributed by atoms with E-state index in [4.69, 9.17) is 16.3 Å². The maximum atomic E-state index is 12.1. The highest BCUT2D eigenvalue weighted by Gasteiger charge is 2.21. The summed E-state index contributed by atoms with van der Waals surface area (Å²) >= 11 is 6.14. The lowest BCUT2D eigenvalue weighted by Crippen LogP contribution is -2.47. The lowest BCUT2D eigenvalue weighted by atomic mass is 10.2. The Hall–Kier alpha value is -2.08. The summed E-state index contributed by atoms with van der Waals surface area (Å²) in [6.07, 6.45) is -0.0216. The van der Waals surface area contributed by atoms with Gasteiger partial charge in [0.05, 0.1) is 23.4 Å². The number of hydrogen-bond donors (Lipinski definition) is 2. The van der Waals surface area contributed by atoms with Crippen LogP contribution in [0.1, 0.15) is 11.1 Å². The van der Waals surface area contributed by atoms with Gasteiger partial charge in [-0.2, -0.15) is 0 Å². The topological polar surface area (TPSA) is 53.6 Å². The first-order valence-electron chi connectivity index (χ1n) is 8.79. The summed E-state index contributed by atoms with van der Waals surface area (Å²) in [5.41, 5.74) is 2.94. The Morgan fingerprint density at radius 1 is 1.27 bits per heavy atom. The van der Waals surface area contributed by atoms with Crippen LogP contribution in [0.15, 0.2) is 48.5 Å². The molecule has 0 aliphatic carbocycles. The van der Waals surface area contributed by atoms with Gasteiger partial charge in [0.2, 0.25) is 0 Å². The summed E-state index contributed by atoms with van der Waals surface area (Å²) in [5.74, 6) is 0. The second kappa shape index (κ2) is 9.03. The second-order valence-electron chi connectivity index (χ2n) is 6.53. The molecule has 2 aromatic rings. The molecule has 3 rings (SSSR count). The molecule has 1 saturated heterocycles. The van der Waals surface area contributed by atoms with Crippen LogP contribution in [-0.2, 0) is 11.3 Å². The molecule has 1 atom stereocenters. The molecule has 2 N–H and O–H groups in total. The average molecular weight is 374 g/mol. The molecule has 1 heterocycles. The van der Waals surface area contributed by atoms with Gasteiger partial charge in [-0.3, -0.25) is 4.90 Å². The van der Waals surface area contributed by atoms with Gasteiger partial charge >= 0.3 is 6.03 Å². The third-order valence-corrected chi connectivity index (χ3v) is 4.65. The fourth-order valence-electron chi connectivity index (χ4n) is 2.98. The molecule has 0 spiro atoms. The van der Waals surface area contributed by atoms with E-state index in [0.29, 0.717) is 23.9 Å². The van der Waals surface area contributed by atoms with Crippen LogP contribution in [0.4, 0.5) is 10.5 Å². The van der Waals surface area contributed by atoms with Crippen LogP contribution >= 0.6 is 11.6 Å². The third kappa shape index (κ3) is 5.46. The quantitative estimate of drug-likeness (QED) is 0.840. The van der Waals surface area contributed by atoms with Gasteiger partial charge < -0.3 is 15.4 Å². The van der Waals surface area contributed by atoms with E-state index < -0.39 is 0 Å². The molecule has 5 nitrogen and oxygen atoms in total. The summed E-state index contributed by atoms with van der Waals surface area (Å²) in [7, 11) is 0. The number of aryl methyl sites for hydroxylation is 1. The van der Waals surface area contributed by atoms with E-state index in [9.17, 15) is 4.79 Å². The van der Waals surface area contributed by atoms with Gasteiger partial charge in [0.15, 0.2) is 0 Å². The van der Waals surface area contributed by atoms with Gasteiger partial charge in [0, 0.05) is 26.2 Å². The number of amides is 2. The zero-order valence-electron chi connectivity index (χ0n) is 14.9. The van der Waals surface area contributed by atoms with Crippen molar-refractivity contribution in [2.75, 3.05) is 31.6 Å². The van der Waals surface area contributed by atoms with Crippen molar-refractivity contribution in [3.8, 4) is 0 Å². The molecule has 1 aliphatic rings. The molecule has 0 radical (unpaired) electrons. The number of ether oxygens (including phenoxy) is 1. The molecule has 138 valence electrons. The summed E-state index contributed by atoms with van der Waals surface area (Å²) < 4.78 is 5.78. The predicted octanol–water partition coefficient (Wildman–Crippen LogP) is 3.67. The van der Waals surface area contributed by atoms with Crippen LogP contribution in [0, 0.1) is 6.92 Å². The number of halogens is 1. The summed E-state index contributed by atoms with van der Waals surface area (Å²) in [5, 5.41) is 6.17. The Labute approximate surface area is 159 Å². The fourth-order valence-corrected chi connectivity index (χ4v) is 3.27. The first-order valence-corrected chi connectivity index (χ1v) is 9.17. The van der Waals surface area contributed by atoms with E-state index in [-0.39, 0.29) is 12.1 Å². The highest BCUT2D eigenvalue weighted by molar-refractivity contribution is 6.33. The van der Waals surface area contributed by atoms with Crippen molar-refractivity contribution in [2.24, 2.45) is 0 Å². The number of benzene rings is 2. The van der Waals surface area contributed by atoms with Crippen molar-refractivity contribution in [3.63, 3.8) is 0 Å². The molecule has 1 unspecified atom stereocenters. The van der Waals surface area contributed by atoms with Crippen LogP contribution in [0.3, 0.4) is 0 Å². The van der Waals surface area contributed by atoms with Gasteiger partial charge in [-0.15, -0.1) is 0 Å². The molecule has 0 bridgehead atoms. The number of morpholine rings is 1. The maximum absolute atomic E-state index is 12.1. The smallest absolute Gasteiger partial charge is 0.319 e. The largest absolute Gasteiger partial charge is 0.374 e. The van der Waals surface area contributed by atoms with Crippen LogP contribution in [0.25, 0.3) is 0 Å². The van der Waals surface area contributed by atoms with Crippen molar-refractivity contribution >= 4 is 23.3 Å². The number of rotatable bonds is 5. The normalized spacial score (nSPS) is 17.7. The molecule has 6 heteroatoms. The minimum absolute atomic E-state index is 0.0216. The molecule has 2 aromatic carbocycles. The monoisotopic (exact) mass is 373 g/mol. The van der Waals surface area contributed by atoms with Crippen molar-refractivity contribution in [3.05, 3.63) is 64.7 Å². The molecule has 1 fully saturated rings. The first kappa shape index (κ1) is 18.7. The Bertz CT molecular complexity index is 739. The van der Waals surface area contributed by atoms with Gasteiger partial charge in [0.1, 0.15) is 0 Å². The SMILES string of the molecule is Cc1ccc(NC(=O)NCC2CN(Cc3ccccc3)CCO2)c(Cl)c1. The van der Waals surface area contributed by atoms with Gasteiger partial charge in [-0.05, 0) is 30.2 Å². The Morgan fingerprint density at radius 2 is 2.08 bits per heavy atom. The lowest BCUT2D eigenvalue weighted by molar-refractivity contribution is -0.0285. The molecule has 0 saturated carbocycles. The van der Waals surface area contributed by atoms with Crippen molar-refractivity contribution in [1.29, 1.82) is 0 Å². The summed E-state index contributed by atoms with van der Waals surface area (Å²) in [4.78, 5) is 14.5. The van der Waals surface area contributed by atoms with E-state index in [2.05, 4.69) is 39.8 Å². The number of hydrogen-bond acceptors (Lipinski definition) is 3. The Balaban J connectivity index is 1.45. The Morgan fingerprint density at radius 3 is 2.85 bits per heavy atom. The molecular formula is C20H24ClN3O2. The number of anilines is 1. The van der Waals surface area contributed by atoms with Crippen LogP contribution in [-0.4, -0.2) is 43.3 Å².